The maximum Gasteiger partial charge on any atom is 0.300 e. The zero-order valence-electron chi connectivity index (χ0n) is 6.91. The molecule has 0 spiro atoms. The average Bonchev–Trinajstić information content (AvgIpc) is 1.94. The first-order valence-electron chi connectivity index (χ1n) is 3.30. The fourth-order valence-corrected chi connectivity index (χ4v) is 0.450. The van der Waals surface area contributed by atoms with Gasteiger partial charge in [0.15, 0.2) is 0 Å². The Hall–Kier alpha value is -1.45. The Kier molecular flexibility index (Phi) is 4.60. The van der Waals surface area contributed by atoms with Gasteiger partial charge in [0.1, 0.15) is 5.82 Å². The predicted molar refractivity (Wildman–Crippen MR) is 42.2 cm³/mol. The van der Waals surface area contributed by atoms with Crippen LogP contribution in [0.15, 0.2) is 18.3 Å². The molecule has 1 N–H and O–H groups in total. The van der Waals surface area contributed by atoms with E-state index in [9.17, 15) is 4.39 Å². The molecule has 0 unspecified atom stereocenters. The highest BCUT2D eigenvalue weighted by molar-refractivity contribution is 5.62. The van der Waals surface area contributed by atoms with Gasteiger partial charge in [-0.25, -0.2) is 4.39 Å². The van der Waals surface area contributed by atoms with E-state index >= 15 is 0 Å². The van der Waals surface area contributed by atoms with Crippen LogP contribution >= 0.6 is 0 Å². The van der Waals surface area contributed by atoms with Gasteiger partial charge in [-0.05, 0) is 19.1 Å². The van der Waals surface area contributed by atoms with Crippen LogP contribution in [0.4, 0.5) is 4.39 Å². The lowest BCUT2D eigenvalue weighted by atomic mass is 10.4. The number of hydrogen-bond donors (Lipinski definition) is 1. The number of halogens is 1. The van der Waals surface area contributed by atoms with Crippen molar-refractivity contribution in [1.82, 2.24) is 4.98 Å². The summed E-state index contributed by atoms with van der Waals surface area (Å²) in [6, 6.07) is 3.03. The van der Waals surface area contributed by atoms with Gasteiger partial charge < -0.3 is 5.11 Å². The summed E-state index contributed by atoms with van der Waals surface area (Å²) in [5.74, 6) is -1.12. The van der Waals surface area contributed by atoms with Crippen molar-refractivity contribution < 1.29 is 14.3 Å². The van der Waals surface area contributed by atoms with E-state index in [1.54, 1.807) is 6.07 Å². The fraction of sp³-hybridized carbons (Fsp3) is 0.250. The van der Waals surface area contributed by atoms with E-state index in [1.165, 1.54) is 12.3 Å². The topological polar surface area (TPSA) is 50.2 Å². The van der Waals surface area contributed by atoms with Gasteiger partial charge in [0.05, 0.1) is 6.20 Å². The first-order chi connectivity index (χ1) is 5.52. The number of nitrogens with zero attached hydrogens (tertiary/aromatic N) is 1. The molecular weight excluding hydrogens is 161 g/mol. The molecule has 1 rings (SSSR count). The van der Waals surface area contributed by atoms with Crippen molar-refractivity contribution in [3.05, 3.63) is 29.8 Å². The van der Waals surface area contributed by atoms with Crippen LogP contribution in [-0.2, 0) is 4.79 Å². The third kappa shape index (κ3) is 6.67. The Bertz CT molecular complexity index is 221. The van der Waals surface area contributed by atoms with Gasteiger partial charge in [0.2, 0.25) is 0 Å². The molecule has 0 aliphatic carbocycles. The van der Waals surface area contributed by atoms with Crippen LogP contribution in [0.3, 0.4) is 0 Å². The van der Waals surface area contributed by atoms with E-state index in [4.69, 9.17) is 9.90 Å². The number of carbonyl (C=O) groups is 1. The van der Waals surface area contributed by atoms with Gasteiger partial charge in [-0.2, -0.15) is 0 Å². The van der Waals surface area contributed by atoms with Gasteiger partial charge in [-0.15, -0.1) is 0 Å². The number of pyridine rings is 1. The van der Waals surface area contributed by atoms with Crippen molar-refractivity contribution in [2.45, 2.75) is 13.8 Å². The highest BCUT2D eigenvalue weighted by Gasteiger charge is 1.84. The molecule has 1 heterocycles. The average molecular weight is 171 g/mol. The summed E-state index contributed by atoms with van der Waals surface area (Å²) in [6.45, 7) is 2.90. The van der Waals surface area contributed by atoms with E-state index in [0.717, 1.165) is 12.6 Å². The molecule has 4 heteroatoms. The smallest absolute Gasteiger partial charge is 0.300 e. The van der Waals surface area contributed by atoms with Crippen molar-refractivity contribution in [3.8, 4) is 0 Å². The maximum absolute atomic E-state index is 12.0. The van der Waals surface area contributed by atoms with Gasteiger partial charge in [-0.3, -0.25) is 9.78 Å². The minimum Gasteiger partial charge on any atom is -0.481 e. The van der Waals surface area contributed by atoms with E-state index in [0.29, 0.717) is 0 Å². The molecule has 1 aromatic rings. The van der Waals surface area contributed by atoms with Crippen LogP contribution in [0.25, 0.3) is 0 Å². The summed E-state index contributed by atoms with van der Waals surface area (Å²) in [4.78, 5) is 12.7. The van der Waals surface area contributed by atoms with E-state index < -0.39 is 5.97 Å². The van der Waals surface area contributed by atoms with Crippen LogP contribution in [0.5, 0.6) is 0 Å². The second kappa shape index (κ2) is 5.23. The van der Waals surface area contributed by atoms with Crippen molar-refractivity contribution >= 4 is 5.97 Å². The molecule has 3 nitrogen and oxygen atoms in total. The van der Waals surface area contributed by atoms with Gasteiger partial charge >= 0.3 is 0 Å². The van der Waals surface area contributed by atoms with Crippen molar-refractivity contribution in [3.63, 3.8) is 0 Å². The second-order valence-corrected chi connectivity index (χ2v) is 2.14. The number of aliphatic carboxylic acids is 1. The number of hydrogen-bond acceptors (Lipinski definition) is 2. The lowest BCUT2D eigenvalue weighted by Crippen LogP contribution is -1.79. The molecule has 0 amide bonds. The minimum atomic E-state index is -0.833. The molecule has 0 bridgehead atoms. The summed E-state index contributed by atoms with van der Waals surface area (Å²) >= 11 is 0. The quantitative estimate of drug-likeness (QED) is 0.645. The molecule has 66 valence electrons. The number of carboxylic acids is 1. The Balaban J connectivity index is 0.000000261. The van der Waals surface area contributed by atoms with E-state index in [-0.39, 0.29) is 5.82 Å². The number of aromatic nitrogens is 1. The zero-order chi connectivity index (χ0) is 9.56. The molecule has 12 heavy (non-hydrogen) atoms. The van der Waals surface area contributed by atoms with Gasteiger partial charge in [0, 0.05) is 12.6 Å². The molecule has 0 saturated heterocycles. The normalized spacial score (nSPS) is 8.25. The summed E-state index contributed by atoms with van der Waals surface area (Å²) < 4.78 is 12.0. The molecule has 0 fully saturated rings. The minimum absolute atomic E-state index is 0.282. The zero-order valence-corrected chi connectivity index (χ0v) is 6.91. The summed E-state index contributed by atoms with van der Waals surface area (Å²) in [6.07, 6.45) is 1.20. The van der Waals surface area contributed by atoms with Crippen LogP contribution in [-0.4, -0.2) is 16.1 Å². The number of rotatable bonds is 0. The van der Waals surface area contributed by atoms with Crippen LogP contribution in [0, 0.1) is 12.7 Å². The van der Waals surface area contributed by atoms with Crippen molar-refractivity contribution in [2.75, 3.05) is 0 Å². The fourth-order valence-electron chi connectivity index (χ4n) is 0.450. The van der Waals surface area contributed by atoms with Gasteiger partial charge in [-0.1, -0.05) is 0 Å². The number of aryl methyl sites for hydroxylation is 1. The Morgan fingerprint density at radius 1 is 1.58 bits per heavy atom. The molecule has 1 aromatic heterocycles. The Morgan fingerprint density at radius 2 is 2.08 bits per heavy atom. The van der Waals surface area contributed by atoms with Gasteiger partial charge in [0.25, 0.3) is 5.97 Å². The third-order valence-corrected chi connectivity index (χ3v) is 0.875. The summed E-state index contributed by atoms with van der Waals surface area (Å²) in [5.41, 5.74) is 0.839. The molecule has 0 radical (unpaired) electrons. The maximum atomic E-state index is 12.0. The lowest BCUT2D eigenvalue weighted by Gasteiger charge is -1.86. The summed E-state index contributed by atoms with van der Waals surface area (Å²) in [5, 5.41) is 7.42. The molecule has 0 aromatic carbocycles. The summed E-state index contributed by atoms with van der Waals surface area (Å²) in [7, 11) is 0. The first kappa shape index (κ1) is 10.6. The molecule has 0 aliphatic heterocycles. The van der Waals surface area contributed by atoms with Crippen molar-refractivity contribution in [1.29, 1.82) is 0 Å². The largest absolute Gasteiger partial charge is 0.481 e. The highest BCUT2D eigenvalue weighted by Crippen LogP contribution is 1.94. The first-order valence-corrected chi connectivity index (χ1v) is 3.30. The van der Waals surface area contributed by atoms with E-state index in [2.05, 4.69) is 4.98 Å². The second-order valence-electron chi connectivity index (χ2n) is 2.14. The monoisotopic (exact) mass is 171 g/mol. The van der Waals surface area contributed by atoms with Crippen LogP contribution in [0.1, 0.15) is 12.6 Å². The predicted octanol–water partition coefficient (Wildman–Crippen LogP) is 1.62. The van der Waals surface area contributed by atoms with Crippen LogP contribution in [0.2, 0.25) is 0 Å². The molecule has 0 saturated carbocycles. The van der Waals surface area contributed by atoms with E-state index in [1.807, 2.05) is 6.92 Å². The standard InChI is InChI=1S/C6H6FN.C2H4O2/c1-5-2-3-6(7)4-8-5;1-2(3)4/h2-4H,1H3;1H3,(H,3,4). The number of carboxylic acid groups (broad SMARTS) is 1. The Morgan fingerprint density at radius 3 is 2.33 bits per heavy atom. The molecule has 0 atom stereocenters. The Labute approximate surface area is 69.9 Å². The van der Waals surface area contributed by atoms with Crippen molar-refractivity contribution in [2.24, 2.45) is 0 Å². The third-order valence-electron chi connectivity index (χ3n) is 0.875. The highest BCUT2D eigenvalue weighted by atomic mass is 19.1. The SMILES string of the molecule is CC(=O)O.Cc1ccc(F)cn1. The lowest BCUT2D eigenvalue weighted by molar-refractivity contribution is -0.134. The molecular formula is C8H10FNO2. The molecule has 0 aliphatic rings. The van der Waals surface area contributed by atoms with Crippen LogP contribution < -0.4 is 0 Å².